The summed E-state index contributed by atoms with van der Waals surface area (Å²) >= 11 is 0. The van der Waals surface area contributed by atoms with Crippen LogP contribution in [-0.2, 0) is 17.7 Å². The van der Waals surface area contributed by atoms with E-state index in [1.807, 2.05) is 23.0 Å². The second kappa shape index (κ2) is 7.69. The van der Waals surface area contributed by atoms with Crippen LogP contribution < -0.4 is 9.13 Å². The molecule has 0 atom stereocenters. The monoisotopic (exact) mass is 320 g/mol. The summed E-state index contributed by atoms with van der Waals surface area (Å²) in [6.45, 7) is 1.40. The molecule has 4 heteroatoms. The zero-order valence-corrected chi connectivity index (χ0v) is 13.6. The zero-order chi connectivity index (χ0) is 15.9. The van der Waals surface area contributed by atoms with E-state index in [9.17, 15) is 4.57 Å². The van der Waals surface area contributed by atoms with Crippen molar-refractivity contribution in [1.29, 1.82) is 0 Å². The molecule has 3 aromatic rings. The Morgan fingerprint density at radius 2 is 1.35 bits per heavy atom. The van der Waals surface area contributed by atoms with Crippen molar-refractivity contribution in [2.75, 3.05) is 0 Å². The summed E-state index contributed by atoms with van der Waals surface area (Å²) in [4.78, 5) is 0. The van der Waals surface area contributed by atoms with E-state index < -0.39 is 0 Å². The molecule has 112 valence electrons. The normalized spacial score (nSPS) is 10.1. The van der Waals surface area contributed by atoms with Crippen LogP contribution in [0.5, 0.6) is 0 Å². The Bertz CT molecular complexity index is 870. The number of benzene rings is 1. The van der Waals surface area contributed by atoms with E-state index in [4.69, 9.17) is 0 Å². The van der Waals surface area contributed by atoms with Crippen molar-refractivity contribution in [3.05, 3.63) is 84.9 Å². The molecule has 3 nitrogen and oxygen atoms in total. The maximum absolute atomic E-state index is 10.4. The predicted molar refractivity (Wildman–Crippen MR) is 89.3 cm³/mol. The summed E-state index contributed by atoms with van der Waals surface area (Å²) in [7, 11) is -0.0541. The average Bonchev–Trinajstić information content (AvgIpc) is 2.62. The van der Waals surface area contributed by atoms with E-state index in [0.717, 1.165) is 12.1 Å². The van der Waals surface area contributed by atoms with Crippen LogP contribution in [0.1, 0.15) is 5.56 Å². The van der Waals surface area contributed by atoms with Crippen LogP contribution >= 0.6 is 7.92 Å². The van der Waals surface area contributed by atoms with Crippen molar-refractivity contribution in [2.24, 2.45) is 0 Å². The molecule has 0 bridgehead atoms. The van der Waals surface area contributed by atoms with E-state index >= 15 is 0 Å². The Hall–Kier alpha value is -2.47. The van der Waals surface area contributed by atoms with Crippen LogP contribution in [0.25, 0.3) is 11.1 Å². The minimum atomic E-state index is -0.0541. The fraction of sp³-hybridized carbons (Fsp3) is 0.105. The van der Waals surface area contributed by atoms with E-state index in [1.165, 1.54) is 11.1 Å². The third-order valence-corrected chi connectivity index (χ3v) is 3.91. The van der Waals surface area contributed by atoms with Crippen molar-refractivity contribution in [3.8, 4) is 16.8 Å². The van der Waals surface area contributed by atoms with Crippen molar-refractivity contribution >= 4 is 7.92 Å². The average molecular weight is 320 g/mol. The molecule has 2 heterocycles. The van der Waals surface area contributed by atoms with Crippen molar-refractivity contribution < 1.29 is 13.7 Å². The maximum atomic E-state index is 10.4. The van der Waals surface area contributed by atoms with Gasteiger partial charge in [-0.25, -0.2) is 0 Å². The van der Waals surface area contributed by atoms with Gasteiger partial charge in [-0.2, -0.15) is 0 Å². The van der Waals surface area contributed by atoms with Crippen LogP contribution in [-0.4, -0.2) is 0 Å². The van der Waals surface area contributed by atoms with Crippen LogP contribution in [0.15, 0.2) is 79.4 Å². The van der Waals surface area contributed by atoms with Gasteiger partial charge in [0.2, 0.25) is 0 Å². The van der Waals surface area contributed by atoms with Gasteiger partial charge in [-0.3, -0.25) is 0 Å². The molecule has 0 fully saturated rings. The first-order chi connectivity index (χ1) is 11.3. The van der Waals surface area contributed by atoms with Crippen LogP contribution in [0, 0.1) is 5.63 Å². The van der Waals surface area contributed by atoms with Gasteiger partial charge < -0.3 is 0 Å². The van der Waals surface area contributed by atoms with Crippen LogP contribution in [0.4, 0.5) is 0 Å². The first-order valence-corrected chi connectivity index (χ1v) is 8.24. The van der Waals surface area contributed by atoms with Crippen LogP contribution in [0.2, 0.25) is 0 Å². The van der Waals surface area contributed by atoms with Gasteiger partial charge in [-0.05, 0) is 0 Å². The molecule has 0 unspecified atom stereocenters. The molecular formula is C19H17N2OP+2. The third-order valence-electron chi connectivity index (χ3n) is 3.64. The number of hydrogen-bond donors (Lipinski definition) is 0. The number of pyridine rings is 2. The molecule has 0 spiro atoms. The second-order valence-electron chi connectivity index (χ2n) is 5.25. The number of aromatic nitrogens is 2. The van der Waals surface area contributed by atoms with Crippen molar-refractivity contribution in [3.63, 3.8) is 0 Å². The quantitative estimate of drug-likeness (QED) is 0.535. The summed E-state index contributed by atoms with van der Waals surface area (Å²) in [6.07, 6.45) is 8.14. The molecule has 23 heavy (non-hydrogen) atoms. The van der Waals surface area contributed by atoms with Crippen LogP contribution in [0.3, 0.4) is 0 Å². The topological polar surface area (TPSA) is 24.8 Å². The molecule has 0 radical (unpaired) electrons. The van der Waals surface area contributed by atoms with Gasteiger partial charge in [0.05, 0.1) is 0 Å². The second-order valence-corrected chi connectivity index (χ2v) is 5.75. The summed E-state index contributed by atoms with van der Waals surface area (Å²) in [5.41, 5.74) is 6.36. The van der Waals surface area contributed by atoms with Crippen molar-refractivity contribution in [1.82, 2.24) is 0 Å². The molecule has 2 aromatic heterocycles. The Balaban J connectivity index is 1.73. The molecule has 1 aromatic carbocycles. The van der Waals surface area contributed by atoms with E-state index in [2.05, 4.69) is 71.1 Å². The molecule has 3 rings (SSSR count). The van der Waals surface area contributed by atoms with Gasteiger partial charge in [0.25, 0.3) is 0 Å². The SMILES string of the molecule is O=P#CC[n+]1ccc(-c2cc[n+](Cc3ccccc3)cc2)cc1. The van der Waals surface area contributed by atoms with E-state index in [1.54, 1.807) is 0 Å². The molecule has 0 saturated carbocycles. The summed E-state index contributed by atoms with van der Waals surface area (Å²) < 4.78 is 14.5. The van der Waals surface area contributed by atoms with Gasteiger partial charge in [-0.1, -0.05) is 30.3 Å². The Labute approximate surface area is 137 Å². The van der Waals surface area contributed by atoms with Gasteiger partial charge >= 0.3 is 106 Å². The van der Waals surface area contributed by atoms with E-state index in [-0.39, 0.29) is 7.92 Å². The van der Waals surface area contributed by atoms with Gasteiger partial charge in [0.1, 0.15) is 0 Å². The number of hydrogen-bond acceptors (Lipinski definition) is 1. The molecular weight excluding hydrogens is 303 g/mol. The Kier molecular flexibility index (Phi) is 5.16. The van der Waals surface area contributed by atoms with E-state index in [0.29, 0.717) is 6.54 Å². The summed E-state index contributed by atoms with van der Waals surface area (Å²) in [6, 6.07) is 18.8. The first-order valence-electron chi connectivity index (χ1n) is 7.43. The fourth-order valence-corrected chi connectivity index (χ4v) is 2.64. The zero-order valence-electron chi connectivity index (χ0n) is 12.7. The standard InChI is InChI=1S/C19H17N2OP/c22-23-15-14-20-10-6-18(7-11-20)19-8-12-21(13-9-19)16-17-4-2-1-3-5-17/h1-13H,14,16H2/q+2. The molecule has 0 aliphatic heterocycles. The van der Waals surface area contributed by atoms with Gasteiger partial charge in [0, 0.05) is 0 Å². The van der Waals surface area contributed by atoms with Crippen molar-refractivity contribution in [2.45, 2.75) is 13.1 Å². The molecule has 0 aliphatic rings. The minimum absolute atomic E-state index is 0.0541. The molecule has 0 amide bonds. The van der Waals surface area contributed by atoms with Gasteiger partial charge in [-0.15, -0.1) is 0 Å². The predicted octanol–water partition coefficient (Wildman–Crippen LogP) is 3.23. The Morgan fingerprint density at radius 3 is 1.91 bits per heavy atom. The molecule has 0 aliphatic carbocycles. The third kappa shape index (κ3) is 4.26. The molecule has 0 saturated heterocycles. The van der Waals surface area contributed by atoms with Gasteiger partial charge in [0.15, 0.2) is 0 Å². The fourth-order valence-electron chi connectivity index (χ4n) is 2.42. The summed E-state index contributed by atoms with van der Waals surface area (Å²) in [5.74, 6) is 0. The number of rotatable bonds is 4. The summed E-state index contributed by atoms with van der Waals surface area (Å²) in [5, 5.41) is 0. The number of nitrogens with zero attached hydrogens (tertiary/aromatic N) is 2. The Morgan fingerprint density at radius 1 is 0.783 bits per heavy atom. The molecule has 0 N–H and O–H groups in total. The first kappa shape index (κ1) is 15.4.